The Bertz CT molecular complexity index is 860. The first-order valence-corrected chi connectivity index (χ1v) is 13.9. The third-order valence-corrected chi connectivity index (χ3v) is 6.27. The Labute approximate surface area is 219 Å². The molecule has 36 heavy (non-hydrogen) atoms. The summed E-state index contributed by atoms with van der Waals surface area (Å²) in [6.45, 7) is 3.69. The number of carbonyl (C=O) groups excluding carboxylic acids is 1. The molecule has 4 nitrogen and oxygen atoms in total. The molecule has 0 heterocycles. The van der Waals surface area contributed by atoms with Crippen LogP contribution in [0.25, 0.3) is 12.2 Å². The van der Waals surface area contributed by atoms with E-state index in [2.05, 4.69) is 54.1 Å². The van der Waals surface area contributed by atoms with Crippen LogP contribution in [0.1, 0.15) is 102 Å². The average Bonchev–Trinajstić information content (AvgIpc) is 2.91. The summed E-state index contributed by atoms with van der Waals surface area (Å²) in [5.41, 5.74) is 2.24. The molecule has 4 heteroatoms. The summed E-state index contributed by atoms with van der Waals surface area (Å²) < 4.78 is 16.9. The quantitative estimate of drug-likeness (QED) is 0.105. The number of hydrogen-bond acceptors (Lipinski definition) is 4. The summed E-state index contributed by atoms with van der Waals surface area (Å²) in [6.07, 6.45) is 18.7. The van der Waals surface area contributed by atoms with Crippen molar-refractivity contribution in [3.8, 4) is 11.5 Å². The fraction of sp³-hybridized carbons (Fsp3) is 0.531. The van der Waals surface area contributed by atoms with Crippen LogP contribution in [0.15, 0.2) is 48.5 Å². The fourth-order valence-electron chi connectivity index (χ4n) is 4.05. The van der Waals surface area contributed by atoms with Gasteiger partial charge in [0.05, 0.1) is 20.3 Å². The van der Waals surface area contributed by atoms with E-state index in [9.17, 15) is 4.79 Å². The van der Waals surface area contributed by atoms with E-state index in [1.165, 1.54) is 64.0 Å². The molecule has 0 saturated heterocycles. The molecule has 0 saturated carbocycles. The highest BCUT2D eigenvalue weighted by Gasteiger charge is 2.05. The van der Waals surface area contributed by atoms with Gasteiger partial charge in [0.1, 0.15) is 11.5 Å². The van der Waals surface area contributed by atoms with E-state index in [1.807, 2.05) is 18.2 Å². The number of rotatable bonds is 20. The van der Waals surface area contributed by atoms with Gasteiger partial charge in [0.2, 0.25) is 0 Å². The number of benzene rings is 2. The van der Waals surface area contributed by atoms with Gasteiger partial charge in [-0.1, -0.05) is 107 Å². The molecular weight excluding hydrogens is 448 g/mol. The molecular formula is C32H46O4. The molecule has 0 unspecified atom stereocenters. The largest absolute Gasteiger partial charge is 0.493 e. The molecule has 0 radical (unpaired) electrons. The Hall–Kier alpha value is -2.75. The number of carbonyl (C=O) groups is 1. The van der Waals surface area contributed by atoms with Crippen LogP contribution < -0.4 is 9.47 Å². The van der Waals surface area contributed by atoms with Gasteiger partial charge in [0.15, 0.2) is 0 Å². The van der Waals surface area contributed by atoms with Crippen molar-refractivity contribution in [1.29, 1.82) is 0 Å². The zero-order chi connectivity index (χ0) is 25.7. The van der Waals surface area contributed by atoms with Gasteiger partial charge in [-0.15, -0.1) is 0 Å². The van der Waals surface area contributed by atoms with Gasteiger partial charge in [-0.2, -0.15) is 0 Å². The van der Waals surface area contributed by atoms with Crippen molar-refractivity contribution in [3.63, 3.8) is 0 Å². The standard InChI is InChI=1S/C32H46O4/c1-3-4-5-16-25-35-30-24-23-29(22-21-28-18-13-12-14-19-28)31(27-30)36-26-17-11-9-7-6-8-10-15-20-32(33)34-2/h12-14,18-19,21-24,27H,3-11,15-17,20,25-26H2,1-2H3/b22-21+. The minimum Gasteiger partial charge on any atom is -0.493 e. The van der Waals surface area contributed by atoms with E-state index in [-0.39, 0.29) is 5.97 Å². The van der Waals surface area contributed by atoms with Crippen LogP contribution in [-0.2, 0) is 9.53 Å². The summed E-state index contributed by atoms with van der Waals surface area (Å²) >= 11 is 0. The normalized spacial score (nSPS) is 11.1. The van der Waals surface area contributed by atoms with Gasteiger partial charge >= 0.3 is 5.97 Å². The third-order valence-electron chi connectivity index (χ3n) is 6.27. The van der Waals surface area contributed by atoms with Crippen molar-refractivity contribution >= 4 is 18.1 Å². The van der Waals surface area contributed by atoms with E-state index in [1.54, 1.807) is 0 Å². The Balaban J connectivity index is 1.75. The lowest BCUT2D eigenvalue weighted by molar-refractivity contribution is -0.140. The van der Waals surface area contributed by atoms with Crippen molar-refractivity contribution in [3.05, 3.63) is 59.7 Å². The SMILES string of the molecule is CCCCCCOc1ccc(/C=C/c2ccccc2)c(OCCCCCCCCCCC(=O)OC)c1. The van der Waals surface area contributed by atoms with E-state index in [0.717, 1.165) is 49.4 Å². The van der Waals surface area contributed by atoms with Crippen LogP contribution in [0.4, 0.5) is 0 Å². The van der Waals surface area contributed by atoms with Crippen LogP contribution in [0.2, 0.25) is 0 Å². The van der Waals surface area contributed by atoms with E-state index >= 15 is 0 Å². The van der Waals surface area contributed by atoms with Crippen molar-refractivity contribution < 1.29 is 19.0 Å². The van der Waals surface area contributed by atoms with Gasteiger partial charge in [-0.05, 0) is 37.0 Å². The molecule has 0 spiro atoms. The highest BCUT2D eigenvalue weighted by molar-refractivity contribution is 5.73. The van der Waals surface area contributed by atoms with Crippen molar-refractivity contribution in [2.45, 2.75) is 90.4 Å². The molecule has 0 amide bonds. The van der Waals surface area contributed by atoms with Crippen molar-refractivity contribution in [1.82, 2.24) is 0 Å². The Morgan fingerprint density at radius 3 is 2.06 bits per heavy atom. The average molecular weight is 495 g/mol. The molecule has 2 rings (SSSR count). The second-order valence-corrected chi connectivity index (χ2v) is 9.36. The van der Waals surface area contributed by atoms with Crippen LogP contribution in [0, 0.1) is 0 Å². The summed E-state index contributed by atoms with van der Waals surface area (Å²) in [5, 5.41) is 0. The molecule has 0 aliphatic heterocycles. The first-order valence-electron chi connectivity index (χ1n) is 13.9. The molecule has 2 aromatic carbocycles. The number of hydrogen-bond donors (Lipinski definition) is 0. The molecule has 198 valence electrons. The van der Waals surface area contributed by atoms with E-state index in [4.69, 9.17) is 9.47 Å². The molecule has 2 aromatic rings. The molecule has 0 bridgehead atoms. The van der Waals surface area contributed by atoms with Crippen LogP contribution >= 0.6 is 0 Å². The lowest BCUT2D eigenvalue weighted by Crippen LogP contribution is -2.01. The highest BCUT2D eigenvalue weighted by atomic mass is 16.5. The van der Waals surface area contributed by atoms with Crippen LogP contribution in [-0.4, -0.2) is 26.3 Å². The summed E-state index contributed by atoms with van der Waals surface area (Å²) in [5.74, 6) is 1.67. The zero-order valence-corrected chi connectivity index (χ0v) is 22.5. The fourth-order valence-corrected chi connectivity index (χ4v) is 4.05. The lowest BCUT2D eigenvalue weighted by Gasteiger charge is -2.13. The topological polar surface area (TPSA) is 44.8 Å². The maximum atomic E-state index is 11.1. The molecule has 0 aromatic heterocycles. The van der Waals surface area contributed by atoms with Crippen molar-refractivity contribution in [2.24, 2.45) is 0 Å². The Morgan fingerprint density at radius 2 is 1.36 bits per heavy atom. The number of esters is 1. The van der Waals surface area contributed by atoms with Crippen LogP contribution in [0.3, 0.4) is 0 Å². The minimum atomic E-state index is -0.0993. The maximum absolute atomic E-state index is 11.1. The molecule has 0 atom stereocenters. The van der Waals surface area contributed by atoms with Crippen LogP contribution in [0.5, 0.6) is 11.5 Å². The van der Waals surface area contributed by atoms with Crippen molar-refractivity contribution in [2.75, 3.05) is 20.3 Å². The molecule has 0 N–H and O–H groups in total. The maximum Gasteiger partial charge on any atom is 0.305 e. The van der Waals surface area contributed by atoms with Gasteiger partial charge in [-0.3, -0.25) is 4.79 Å². The van der Waals surface area contributed by atoms with Gasteiger partial charge < -0.3 is 14.2 Å². The first kappa shape index (κ1) is 29.5. The Morgan fingerprint density at radius 1 is 0.722 bits per heavy atom. The number of unbranched alkanes of at least 4 members (excludes halogenated alkanes) is 10. The number of ether oxygens (including phenoxy) is 3. The molecule has 0 fully saturated rings. The second-order valence-electron chi connectivity index (χ2n) is 9.36. The number of methoxy groups -OCH3 is 1. The lowest BCUT2D eigenvalue weighted by atomic mass is 10.1. The third kappa shape index (κ3) is 13.4. The van der Waals surface area contributed by atoms with Gasteiger partial charge in [-0.25, -0.2) is 0 Å². The molecule has 0 aliphatic carbocycles. The summed E-state index contributed by atoms with van der Waals surface area (Å²) in [6, 6.07) is 16.5. The smallest absolute Gasteiger partial charge is 0.305 e. The Kier molecular flexibility index (Phi) is 15.9. The van der Waals surface area contributed by atoms with Gasteiger partial charge in [0, 0.05) is 18.1 Å². The predicted octanol–water partition coefficient (Wildman–Crippen LogP) is 8.88. The van der Waals surface area contributed by atoms with Gasteiger partial charge in [0.25, 0.3) is 0 Å². The summed E-state index contributed by atoms with van der Waals surface area (Å²) in [7, 11) is 1.45. The highest BCUT2D eigenvalue weighted by Crippen LogP contribution is 2.27. The predicted molar refractivity (Wildman–Crippen MR) is 151 cm³/mol. The molecule has 0 aliphatic rings. The van der Waals surface area contributed by atoms with E-state index < -0.39 is 0 Å². The zero-order valence-electron chi connectivity index (χ0n) is 22.5. The summed E-state index contributed by atoms with van der Waals surface area (Å²) in [4.78, 5) is 11.1. The first-order chi connectivity index (χ1) is 17.7. The van der Waals surface area contributed by atoms with E-state index in [0.29, 0.717) is 13.0 Å². The second kappa shape index (κ2) is 19.4. The minimum absolute atomic E-state index is 0.0993. The monoisotopic (exact) mass is 494 g/mol.